The summed E-state index contributed by atoms with van der Waals surface area (Å²) in [6, 6.07) is 1.82. The summed E-state index contributed by atoms with van der Waals surface area (Å²) in [4.78, 5) is 18.5. The summed E-state index contributed by atoms with van der Waals surface area (Å²) in [6.07, 6.45) is 4.58. The molecule has 0 aromatic carbocycles. The maximum Gasteiger partial charge on any atom is 0.303 e. The quantitative estimate of drug-likeness (QED) is 0.690. The van der Waals surface area contributed by atoms with Gasteiger partial charge >= 0.3 is 5.97 Å². The number of nitrogens with one attached hydrogen (secondary N) is 1. The molecule has 0 amide bonds. The van der Waals surface area contributed by atoms with Gasteiger partial charge in [0.15, 0.2) is 0 Å². The van der Waals surface area contributed by atoms with E-state index in [9.17, 15) is 4.79 Å². The van der Waals surface area contributed by atoms with E-state index in [4.69, 9.17) is 5.11 Å². The molecule has 5 nitrogen and oxygen atoms in total. The van der Waals surface area contributed by atoms with E-state index in [1.54, 1.807) is 6.20 Å². The van der Waals surface area contributed by atoms with E-state index in [0.29, 0.717) is 0 Å². The Labute approximate surface area is 94.9 Å². The SMILES string of the molecule is Cc1nccc(NCCCCCC(=O)O)n1. The first-order chi connectivity index (χ1) is 7.68. The number of aryl methyl sites for hydroxylation is 1. The van der Waals surface area contributed by atoms with Gasteiger partial charge in [-0.05, 0) is 25.8 Å². The Balaban J connectivity index is 2.09. The van der Waals surface area contributed by atoms with Crippen LogP contribution in [0.4, 0.5) is 5.82 Å². The molecule has 0 radical (unpaired) electrons. The van der Waals surface area contributed by atoms with Gasteiger partial charge < -0.3 is 10.4 Å². The molecule has 0 spiro atoms. The molecule has 0 unspecified atom stereocenters. The molecule has 5 heteroatoms. The van der Waals surface area contributed by atoms with Gasteiger partial charge in [-0.1, -0.05) is 6.42 Å². The van der Waals surface area contributed by atoms with Crippen molar-refractivity contribution < 1.29 is 9.90 Å². The molecule has 88 valence electrons. The Bertz CT molecular complexity index is 342. The van der Waals surface area contributed by atoms with Crippen molar-refractivity contribution in [1.29, 1.82) is 0 Å². The van der Waals surface area contributed by atoms with Gasteiger partial charge in [-0.2, -0.15) is 0 Å². The van der Waals surface area contributed by atoms with Crippen LogP contribution in [0.25, 0.3) is 0 Å². The summed E-state index contributed by atoms with van der Waals surface area (Å²) in [5.41, 5.74) is 0. The highest BCUT2D eigenvalue weighted by Crippen LogP contribution is 2.03. The highest BCUT2D eigenvalue weighted by atomic mass is 16.4. The summed E-state index contributed by atoms with van der Waals surface area (Å²) in [6.45, 7) is 2.66. The lowest BCUT2D eigenvalue weighted by atomic mass is 10.2. The number of rotatable bonds is 7. The molecular weight excluding hydrogens is 206 g/mol. The van der Waals surface area contributed by atoms with Crippen LogP contribution in [0.1, 0.15) is 31.5 Å². The molecule has 0 atom stereocenters. The lowest BCUT2D eigenvalue weighted by Gasteiger charge is -2.04. The number of nitrogens with zero attached hydrogens (tertiary/aromatic N) is 2. The summed E-state index contributed by atoms with van der Waals surface area (Å²) < 4.78 is 0. The van der Waals surface area contributed by atoms with E-state index < -0.39 is 5.97 Å². The first-order valence-electron chi connectivity index (χ1n) is 5.44. The van der Waals surface area contributed by atoms with Crippen molar-refractivity contribution in [2.45, 2.75) is 32.6 Å². The van der Waals surface area contributed by atoms with Gasteiger partial charge in [0.05, 0.1) is 0 Å². The van der Waals surface area contributed by atoms with Gasteiger partial charge in [0.2, 0.25) is 0 Å². The molecule has 0 saturated carbocycles. The van der Waals surface area contributed by atoms with Crippen molar-refractivity contribution in [3.8, 4) is 0 Å². The van der Waals surface area contributed by atoms with E-state index in [2.05, 4.69) is 15.3 Å². The van der Waals surface area contributed by atoms with Crippen molar-refractivity contribution in [1.82, 2.24) is 9.97 Å². The minimum atomic E-state index is -0.723. The van der Waals surface area contributed by atoms with Crippen LogP contribution in [0.3, 0.4) is 0 Å². The van der Waals surface area contributed by atoms with Crippen LogP contribution in [-0.2, 0) is 4.79 Å². The number of carboxylic acid groups (broad SMARTS) is 1. The molecule has 0 bridgehead atoms. The van der Waals surface area contributed by atoms with Gasteiger partial charge in [0, 0.05) is 19.2 Å². The number of hydrogen-bond acceptors (Lipinski definition) is 4. The van der Waals surface area contributed by atoms with E-state index in [1.807, 2.05) is 13.0 Å². The summed E-state index contributed by atoms with van der Waals surface area (Å²) in [7, 11) is 0. The van der Waals surface area contributed by atoms with Crippen LogP contribution in [0.5, 0.6) is 0 Å². The average molecular weight is 223 g/mol. The standard InChI is InChI=1S/C11H17N3O2/c1-9-12-8-6-10(14-9)13-7-4-2-3-5-11(15)16/h6,8H,2-5,7H2,1H3,(H,15,16)(H,12,13,14). The third kappa shape index (κ3) is 5.29. The molecule has 1 aromatic heterocycles. The number of hydrogen-bond donors (Lipinski definition) is 2. The number of aromatic nitrogens is 2. The molecule has 0 saturated heterocycles. The first kappa shape index (κ1) is 12.4. The van der Waals surface area contributed by atoms with E-state index >= 15 is 0 Å². The second-order valence-corrected chi connectivity index (χ2v) is 3.62. The molecule has 1 rings (SSSR count). The molecule has 1 heterocycles. The van der Waals surface area contributed by atoms with Gasteiger partial charge in [-0.25, -0.2) is 9.97 Å². The van der Waals surface area contributed by atoms with Crippen molar-refractivity contribution in [3.05, 3.63) is 18.1 Å². The average Bonchev–Trinajstić information content (AvgIpc) is 2.23. The fourth-order valence-electron chi connectivity index (χ4n) is 1.35. The van der Waals surface area contributed by atoms with E-state index in [-0.39, 0.29) is 6.42 Å². The van der Waals surface area contributed by atoms with Gasteiger partial charge in [-0.15, -0.1) is 0 Å². The Hall–Kier alpha value is -1.65. The van der Waals surface area contributed by atoms with Gasteiger partial charge in [-0.3, -0.25) is 4.79 Å². The van der Waals surface area contributed by atoms with Crippen molar-refractivity contribution in [2.75, 3.05) is 11.9 Å². The van der Waals surface area contributed by atoms with Gasteiger partial charge in [0.25, 0.3) is 0 Å². The lowest BCUT2D eigenvalue weighted by molar-refractivity contribution is -0.137. The molecule has 0 aliphatic carbocycles. The number of carbonyl (C=O) groups is 1. The molecular formula is C11H17N3O2. The minimum Gasteiger partial charge on any atom is -0.481 e. The molecule has 16 heavy (non-hydrogen) atoms. The predicted molar refractivity (Wildman–Crippen MR) is 61.4 cm³/mol. The maximum absolute atomic E-state index is 10.3. The van der Waals surface area contributed by atoms with Crippen molar-refractivity contribution in [3.63, 3.8) is 0 Å². The van der Waals surface area contributed by atoms with Crippen LogP contribution in [0.15, 0.2) is 12.3 Å². The number of unbranched alkanes of at least 4 members (excludes halogenated alkanes) is 2. The van der Waals surface area contributed by atoms with Crippen LogP contribution in [0, 0.1) is 6.92 Å². The topological polar surface area (TPSA) is 75.1 Å². The zero-order chi connectivity index (χ0) is 11.8. The largest absolute Gasteiger partial charge is 0.481 e. The monoisotopic (exact) mass is 223 g/mol. The fourth-order valence-corrected chi connectivity index (χ4v) is 1.35. The van der Waals surface area contributed by atoms with Crippen LogP contribution in [-0.4, -0.2) is 27.6 Å². The second kappa shape index (κ2) is 6.76. The fraction of sp³-hybridized carbons (Fsp3) is 0.545. The number of carboxylic acids is 1. The lowest BCUT2D eigenvalue weighted by Crippen LogP contribution is -2.04. The normalized spacial score (nSPS) is 10.1. The van der Waals surface area contributed by atoms with Gasteiger partial charge in [0.1, 0.15) is 11.6 Å². The maximum atomic E-state index is 10.3. The highest BCUT2D eigenvalue weighted by Gasteiger charge is 1.97. The third-order valence-electron chi connectivity index (χ3n) is 2.15. The smallest absolute Gasteiger partial charge is 0.303 e. The molecule has 0 aliphatic heterocycles. The molecule has 0 fully saturated rings. The minimum absolute atomic E-state index is 0.257. The number of anilines is 1. The van der Waals surface area contributed by atoms with Crippen LogP contribution < -0.4 is 5.32 Å². The summed E-state index contributed by atoms with van der Waals surface area (Å²) in [5, 5.41) is 11.6. The van der Waals surface area contributed by atoms with E-state index in [0.717, 1.165) is 37.4 Å². The molecule has 1 aromatic rings. The zero-order valence-electron chi connectivity index (χ0n) is 9.44. The Kier molecular flexibility index (Phi) is 5.25. The number of aliphatic carboxylic acids is 1. The highest BCUT2D eigenvalue weighted by molar-refractivity contribution is 5.66. The molecule has 2 N–H and O–H groups in total. The Morgan fingerprint density at radius 2 is 2.25 bits per heavy atom. The Morgan fingerprint density at radius 3 is 2.94 bits per heavy atom. The molecule has 0 aliphatic rings. The first-order valence-corrected chi connectivity index (χ1v) is 5.44. The van der Waals surface area contributed by atoms with Crippen molar-refractivity contribution in [2.24, 2.45) is 0 Å². The third-order valence-corrected chi connectivity index (χ3v) is 2.15. The summed E-state index contributed by atoms with van der Waals surface area (Å²) in [5.74, 6) is 0.848. The summed E-state index contributed by atoms with van der Waals surface area (Å²) >= 11 is 0. The Morgan fingerprint density at radius 1 is 1.44 bits per heavy atom. The van der Waals surface area contributed by atoms with Crippen molar-refractivity contribution >= 4 is 11.8 Å². The van der Waals surface area contributed by atoms with E-state index in [1.165, 1.54) is 0 Å². The predicted octanol–water partition coefficient (Wildman–Crippen LogP) is 1.84. The second-order valence-electron chi connectivity index (χ2n) is 3.62. The van der Waals surface area contributed by atoms with Crippen LogP contribution >= 0.6 is 0 Å². The van der Waals surface area contributed by atoms with Crippen LogP contribution in [0.2, 0.25) is 0 Å². The zero-order valence-corrected chi connectivity index (χ0v) is 9.44.